The summed E-state index contributed by atoms with van der Waals surface area (Å²) in [4.78, 5) is 15.2. The predicted octanol–water partition coefficient (Wildman–Crippen LogP) is 4.28. The number of pyridine rings is 1. The molecule has 138 valence electrons. The zero-order chi connectivity index (χ0) is 18.9. The van der Waals surface area contributed by atoms with Crippen molar-refractivity contribution in [3.63, 3.8) is 0 Å². The molecule has 6 heteroatoms. The molecule has 0 saturated heterocycles. The molecule has 4 aromatic rings. The highest BCUT2D eigenvalue weighted by atomic mass is 32.2. The second-order valence-corrected chi connectivity index (χ2v) is 7.63. The Balaban J connectivity index is 1.48. The average Bonchev–Trinajstić information content (AvgIpc) is 3.07. The fourth-order valence-corrected chi connectivity index (χ4v) is 4.43. The monoisotopic (exact) mass is 386 g/mol. The van der Waals surface area contributed by atoms with E-state index in [0.717, 1.165) is 35.0 Å². The van der Waals surface area contributed by atoms with E-state index in [1.54, 1.807) is 0 Å². The molecule has 5 nitrogen and oxygen atoms in total. The third-order valence-corrected chi connectivity index (χ3v) is 5.91. The Kier molecular flexibility index (Phi) is 4.33. The highest BCUT2D eigenvalue weighted by Crippen LogP contribution is 2.36. The Bertz CT molecular complexity index is 1120. The largest absolute Gasteiger partial charge is 0.280 e. The van der Waals surface area contributed by atoms with Gasteiger partial charge in [-0.05, 0) is 48.2 Å². The number of hydrogen-bond acceptors (Lipinski definition) is 4. The molecular weight excluding hydrogens is 368 g/mol. The molecule has 28 heavy (non-hydrogen) atoms. The van der Waals surface area contributed by atoms with Crippen LogP contribution in [-0.2, 0) is 17.6 Å². The first-order valence-electron chi connectivity index (χ1n) is 9.22. The third kappa shape index (κ3) is 2.96. The van der Waals surface area contributed by atoms with Crippen LogP contribution in [0.3, 0.4) is 0 Å². The zero-order valence-electron chi connectivity index (χ0n) is 15.2. The fraction of sp³-hybridized carbons (Fsp3) is 0.136. The number of nitrogens with zero attached hydrogens (tertiary/aromatic N) is 4. The number of amides is 1. The smallest absolute Gasteiger partial charge is 0.242 e. The summed E-state index contributed by atoms with van der Waals surface area (Å²) in [5, 5.41) is 9.11. The maximum atomic E-state index is 13.4. The number of fused-ring (bicyclic) bond motifs is 3. The Morgan fingerprint density at radius 3 is 2.21 bits per heavy atom. The molecule has 1 aliphatic heterocycles. The van der Waals surface area contributed by atoms with Gasteiger partial charge >= 0.3 is 0 Å². The lowest BCUT2D eigenvalue weighted by Gasteiger charge is -2.24. The van der Waals surface area contributed by atoms with Crippen molar-refractivity contribution < 1.29 is 4.79 Å². The van der Waals surface area contributed by atoms with Crippen LogP contribution in [0.4, 0.5) is 11.4 Å². The normalized spacial score (nSPS) is 13.1. The van der Waals surface area contributed by atoms with Gasteiger partial charge in [0.25, 0.3) is 0 Å². The van der Waals surface area contributed by atoms with Gasteiger partial charge in [0.05, 0.1) is 17.1 Å². The molecule has 0 bridgehead atoms. The molecule has 0 spiro atoms. The topological polar surface area (TPSA) is 50.5 Å². The van der Waals surface area contributed by atoms with Crippen molar-refractivity contribution in [1.82, 2.24) is 14.6 Å². The summed E-state index contributed by atoms with van der Waals surface area (Å²) in [6, 6.07) is 22.1. The summed E-state index contributed by atoms with van der Waals surface area (Å²) in [6.07, 6.45) is 3.77. The lowest BCUT2D eigenvalue weighted by Crippen LogP contribution is -2.28. The SMILES string of the molecule is O=C(CSc1nnc2ccccn12)N1c2ccccc2CCc2ccccc21. The number of aromatic nitrogens is 3. The van der Waals surface area contributed by atoms with Crippen molar-refractivity contribution in [2.24, 2.45) is 0 Å². The van der Waals surface area contributed by atoms with Crippen LogP contribution >= 0.6 is 11.8 Å². The van der Waals surface area contributed by atoms with Gasteiger partial charge in [0.15, 0.2) is 10.8 Å². The molecule has 0 saturated carbocycles. The van der Waals surface area contributed by atoms with E-state index >= 15 is 0 Å². The summed E-state index contributed by atoms with van der Waals surface area (Å²) >= 11 is 1.41. The second kappa shape index (κ2) is 7.13. The molecule has 5 rings (SSSR count). The van der Waals surface area contributed by atoms with Gasteiger partial charge in [0.2, 0.25) is 5.91 Å². The molecule has 0 radical (unpaired) electrons. The standard InChI is InChI=1S/C22H18N4OS/c27-21(15-28-22-24-23-20-11-5-6-14-25(20)22)26-18-9-3-1-7-16(18)12-13-17-8-2-4-10-19(17)26/h1-11,14H,12-13,15H2. The van der Waals surface area contributed by atoms with Crippen molar-refractivity contribution in [1.29, 1.82) is 0 Å². The van der Waals surface area contributed by atoms with Crippen LogP contribution in [0.2, 0.25) is 0 Å². The molecule has 0 fully saturated rings. The lowest BCUT2D eigenvalue weighted by molar-refractivity contribution is -0.115. The predicted molar refractivity (Wildman–Crippen MR) is 111 cm³/mol. The Labute approximate surface area is 167 Å². The molecule has 1 aliphatic rings. The molecular formula is C22H18N4OS. The van der Waals surface area contributed by atoms with E-state index < -0.39 is 0 Å². The first kappa shape index (κ1) is 17.0. The van der Waals surface area contributed by atoms with E-state index in [-0.39, 0.29) is 5.91 Å². The van der Waals surface area contributed by atoms with Gasteiger partial charge < -0.3 is 0 Å². The van der Waals surface area contributed by atoms with Crippen LogP contribution in [0.25, 0.3) is 5.65 Å². The zero-order valence-corrected chi connectivity index (χ0v) is 16.0. The highest BCUT2D eigenvalue weighted by Gasteiger charge is 2.25. The van der Waals surface area contributed by atoms with E-state index in [4.69, 9.17) is 0 Å². The maximum absolute atomic E-state index is 13.4. The third-order valence-electron chi connectivity index (χ3n) is 4.99. The summed E-state index contributed by atoms with van der Waals surface area (Å²) in [7, 11) is 0. The number of thioether (sulfide) groups is 1. The van der Waals surface area contributed by atoms with Crippen LogP contribution in [-0.4, -0.2) is 26.3 Å². The highest BCUT2D eigenvalue weighted by molar-refractivity contribution is 7.99. The van der Waals surface area contributed by atoms with Crippen molar-refractivity contribution >= 4 is 34.7 Å². The van der Waals surface area contributed by atoms with Crippen molar-refractivity contribution in [2.45, 2.75) is 18.0 Å². The van der Waals surface area contributed by atoms with Gasteiger partial charge in [-0.1, -0.05) is 54.2 Å². The van der Waals surface area contributed by atoms with E-state index in [9.17, 15) is 4.79 Å². The van der Waals surface area contributed by atoms with Gasteiger partial charge in [-0.15, -0.1) is 10.2 Å². The maximum Gasteiger partial charge on any atom is 0.242 e. The minimum atomic E-state index is 0.0412. The first-order chi connectivity index (χ1) is 13.8. The van der Waals surface area contributed by atoms with Gasteiger partial charge in [-0.25, -0.2) is 0 Å². The number of carbonyl (C=O) groups excluding carboxylic acids is 1. The molecule has 3 heterocycles. The average molecular weight is 386 g/mol. The molecule has 0 unspecified atom stereocenters. The Morgan fingerprint density at radius 2 is 1.50 bits per heavy atom. The van der Waals surface area contributed by atoms with Crippen LogP contribution in [0.5, 0.6) is 0 Å². The fourth-order valence-electron chi connectivity index (χ4n) is 3.66. The number of rotatable bonds is 3. The van der Waals surface area contributed by atoms with E-state index in [1.807, 2.05) is 70.1 Å². The van der Waals surface area contributed by atoms with Gasteiger partial charge in [-0.2, -0.15) is 0 Å². The summed E-state index contributed by atoms with van der Waals surface area (Å²) < 4.78 is 1.91. The second-order valence-electron chi connectivity index (χ2n) is 6.69. The quantitative estimate of drug-likeness (QED) is 0.493. The molecule has 0 N–H and O–H groups in total. The van der Waals surface area contributed by atoms with Gasteiger partial charge in [-0.3, -0.25) is 14.1 Å². The molecule has 2 aromatic heterocycles. The minimum absolute atomic E-state index is 0.0412. The summed E-state index contributed by atoms with van der Waals surface area (Å²) in [6.45, 7) is 0. The molecule has 2 aromatic carbocycles. The molecule has 0 aliphatic carbocycles. The van der Waals surface area contributed by atoms with Gasteiger partial charge in [0.1, 0.15) is 0 Å². The summed E-state index contributed by atoms with van der Waals surface area (Å²) in [5.41, 5.74) is 5.13. The Hall–Kier alpha value is -3.12. The number of carbonyl (C=O) groups is 1. The van der Waals surface area contributed by atoms with Crippen LogP contribution < -0.4 is 4.90 Å². The van der Waals surface area contributed by atoms with Crippen molar-refractivity contribution in [3.05, 3.63) is 84.1 Å². The van der Waals surface area contributed by atoms with Crippen LogP contribution in [0, 0.1) is 0 Å². The Morgan fingerprint density at radius 1 is 0.857 bits per heavy atom. The number of para-hydroxylation sites is 2. The number of aryl methyl sites for hydroxylation is 2. The number of hydrogen-bond donors (Lipinski definition) is 0. The van der Waals surface area contributed by atoms with Crippen LogP contribution in [0.15, 0.2) is 78.1 Å². The minimum Gasteiger partial charge on any atom is -0.280 e. The van der Waals surface area contributed by atoms with Crippen LogP contribution in [0.1, 0.15) is 11.1 Å². The first-order valence-corrected chi connectivity index (χ1v) is 10.2. The molecule has 1 amide bonds. The lowest BCUT2D eigenvalue weighted by atomic mass is 10.0. The summed E-state index contributed by atoms with van der Waals surface area (Å²) in [5.74, 6) is 0.331. The van der Waals surface area contributed by atoms with Crippen molar-refractivity contribution in [3.8, 4) is 0 Å². The van der Waals surface area contributed by atoms with E-state index in [2.05, 4.69) is 22.3 Å². The van der Waals surface area contributed by atoms with Gasteiger partial charge in [0, 0.05) is 6.20 Å². The number of benzene rings is 2. The number of anilines is 2. The molecule has 0 atom stereocenters. The van der Waals surface area contributed by atoms with Crippen molar-refractivity contribution in [2.75, 3.05) is 10.7 Å². The van der Waals surface area contributed by atoms with E-state index in [1.165, 1.54) is 22.9 Å². The van der Waals surface area contributed by atoms with E-state index in [0.29, 0.717) is 5.75 Å².